The number of anilines is 1. The van der Waals surface area contributed by atoms with Gasteiger partial charge in [0.05, 0.1) is 17.2 Å². The van der Waals surface area contributed by atoms with Crippen molar-refractivity contribution in [3.05, 3.63) is 95.2 Å². The molecule has 0 bridgehead atoms. The number of benzene rings is 3. The van der Waals surface area contributed by atoms with Crippen LogP contribution in [0.1, 0.15) is 22.6 Å². The van der Waals surface area contributed by atoms with Crippen LogP contribution in [0.25, 0.3) is 22.5 Å². The van der Waals surface area contributed by atoms with Gasteiger partial charge in [-0.05, 0) is 59.7 Å². The van der Waals surface area contributed by atoms with Gasteiger partial charge in [0, 0.05) is 30.5 Å². The van der Waals surface area contributed by atoms with Gasteiger partial charge in [-0.2, -0.15) is 17.7 Å². The number of halogens is 8. The van der Waals surface area contributed by atoms with Gasteiger partial charge in [-0.3, -0.25) is 5.01 Å². The third kappa shape index (κ3) is 7.08. The Morgan fingerprint density at radius 2 is 1.70 bits per heavy atom. The molecule has 0 amide bonds. The van der Waals surface area contributed by atoms with Crippen molar-refractivity contribution < 1.29 is 58.0 Å². The van der Waals surface area contributed by atoms with Gasteiger partial charge in [0.25, 0.3) is 5.82 Å². The molecule has 0 aliphatic rings. The van der Waals surface area contributed by atoms with Gasteiger partial charge in [-0.1, -0.05) is 0 Å². The number of nitrogens with zero attached hydrogens (tertiary/aromatic N) is 2. The molecule has 246 valence electrons. The predicted molar refractivity (Wildman–Crippen MR) is 148 cm³/mol. The molecule has 0 fully saturated rings. The van der Waals surface area contributed by atoms with E-state index in [2.05, 4.69) is 9.72 Å². The number of alkyl halides is 6. The second kappa shape index (κ2) is 12.3. The molecule has 0 radical (unpaired) electrons. The molecule has 6 N–H and O–H groups in total. The zero-order chi connectivity index (χ0) is 34.4. The highest BCUT2D eigenvalue weighted by Crippen LogP contribution is 2.36. The van der Waals surface area contributed by atoms with Crippen molar-refractivity contribution in [3.8, 4) is 22.6 Å². The van der Waals surface area contributed by atoms with Crippen LogP contribution in [-0.2, 0) is 22.6 Å². The van der Waals surface area contributed by atoms with Crippen LogP contribution in [0.2, 0.25) is 0 Å². The number of nitrogens with one attached hydrogen (secondary N) is 1. The van der Waals surface area contributed by atoms with E-state index in [4.69, 9.17) is 11.6 Å². The van der Waals surface area contributed by atoms with Crippen LogP contribution in [0.4, 0.5) is 40.8 Å². The van der Waals surface area contributed by atoms with Gasteiger partial charge in [-0.25, -0.2) is 28.0 Å². The van der Waals surface area contributed by atoms with Gasteiger partial charge in [0.1, 0.15) is 17.7 Å². The highest BCUT2D eigenvalue weighted by Gasteiger charge is 2.39. The van der Waals surface area contributed by atoms with Crippen molar-refractivity contribution >= 4 is 21.2 Å². The van der Waals surface area contributed by atoms with E-state index < -0.39 is 62.5 Å². The number of aliphatic hydroxyl groups excluding tert-OH is 1. The number of aryl methyl sites for hydroxylation is 1. The first-order valence-corrected chi connectivity index (χ1v) is 14.6. The number of sulfone groups is 1. The Morgan fingerprint density at radius 1 is 1.02 bits per heavy atom. The first kappa shape index (κ1) is 34.2. The smallest absolute Gasteiger partial charge is 0.403 e. The quantitative estimate of drug-likeness (QED) is 0.0892. The van der Waals surface area contributed by atoms with Gasteiger partial charge in [0.2, 0.25) is 5.69 Å². The molecule has 0 aliphatic carbocycles. The lowest BCUT2D eigenvalue weighted by atomic mass is 10.0. The second-order valence-corrected chi connectivity index (χ2v) is 11.8. The molecule has 4 rings (SSSR count). The molecule has 9 nitrogen and oxygen atoms in total. The molecule has 4 aromatic rings. The molecular formula is C28H24F8N5O4S+. The SMILES string of the molecule is Cc1[nH]c(C(F)(F)F)c[n+]1-c1ccc(-c2cc(F)c(CO)c(S(C)(=O)=O)c2)cc1N(N)/C(=C\N)c1ccc(OC(F)(F)F)c(F)c1. The number of hydrazine groups is 1. The molecule has 0 saturated heterocycles. The Labute approximate surface area is 255 Å². The van der Waals surface area contributed by atoms with Crippen molar-refractivity contribution in [2.45, 2.75) is 31.0 Å². The van der Waals surface area contributed by atoms with E-state index in [-0.39, 0.29) is 39.6 Å². The number of aromatic nitrogens is 2. The van der Waals surface area contributed by atoms with Gasteiger partial charge in [-0.15, -0.1) is 13.2 Å². The van der Waals surface area contributed by atoms with Gasteiger partial charge >= 0.3 is 12.5 Å². The average Bonchev–Trinajstić information content (AvgIpc) is 3.35. The van der Waals surface area contributed by atoms with E-state index in [1.165, 1.54) is 25.1 Å². The maximum atomic E-state index is 15.0. The van der Waals surface area contributed by atoms with E-state index >= 15 is 0 Å². The van der Waals surface area contributed by atoms with Crippen LogP contribution >= 0.6 is 0 Å². The van der Waals surface area contributed by atoms with Gasteiger partial charge < -0.3 is 15.6 Å². The third-order valence-corrected chi connectivity index (χ3v) is 7.81. The van der Waals surface area contributed by atoms with Crippen molar-refractivity contribution in [1.82, 2.24) is 4.98 Å². The molecule has 0 aliphatic heterocycles. The van der Waals surface area contributed by atoms with Crippen LogP contribution in [-0.4, -0.2) is 31.1 Å². The first-order chi connectivity index (χ1) is 21.2. The van der Waals surface area contributed by atoms with Crippen LogP contribution in [0.15, 0.2) is 65.8 Å². The monoisotopic (exact) mass is 678 g/mol. The number of ether oxygens (including phenoxy) is 1. The maximum Gasteiger partial charge on any atom is 0.573 e. The van der Waals surface area contributed by atoms with Crippen LogP contribution in [0.5, 0.6) is 5.75 Å². The van der Waals surface area contributed by atoms with Gasteiger partial charge in [0.15, 0.2) is 27.1 Å². The van der Waals surface area contributed by atoms with E-state index in [1.54, 1.807) is 0 Å². The van der Waals surface area contributed by atoms with E-state index in [1.807, 2.05) is 0 Å². The number of H-pyrrole nitrogens is 1. The highest BCUT2D eigenvalue weighted by atomic mass is 32.2. The summed E-state index contributed by atoms with van der Waals surface area (Å²) in [5, 5.41) is 10.3. The summed E-state index contributed by atoms with van der Waals surface area (Å²) in [6, 6.07) is 8.12. The van der Waals surface area contributed by atoms with Crippen LogP contribution in [0, 0.1) is 18.6 Å². The fourth-order valence-electron chi connectivity index (χ4n) is 4.58. The Hall–Kier alpha value is -4.68. The summed E-state index contributed by atoms with van der Waals surface area (Å²) < 4.78 is 138. The minimum atomic E-state index is -5.20. The lowest BCUT2D eigenvalue weighted by Crippen LogP contribution is -2.38. The lowest BCUT2D eigenvalue weighted by molar-refractivity contribution is -0.601. The Morgan fingerprint density at radius 3 is 2.22 bits per heavy atom. The van der Waals surface area contributed by atoms with Crippen molar-refractivity contribution in [3.63, 3.8) is 0 Å². The summed E-state index contributed by atoms with van der Waals surface area (Å²) in [7, 11) is -4.06. The Balaban J connectivity index is 1.94. The number of aromatic amines is 1. The number of imidazole rings is 1. The standard InChI is InChI=1S/C28H23F8N5O4S/c1-14-39-26(27(31,32)33)12-40(14)21-5-3-15(17-8-19(29)18(13-42)25(10-17)46(2,43)44)9-22(21)41(38)23(11-37)16-4-6-24(20(30)7-16)45-28(34,35)36/h3-12,42H,13,37-38H2,1-2H3/p+1/b23-11-. The molecule has 0 spiro atoms. The summed E-state index contributed by atoms with van der Waals surface area (Å²) in [5.74, 6) is 2.66. The molecular weight excluding hydrogens is 654 g/mol. The molecule has 0 unspecified atom stereocenters. The molecule has 18 heteroatoms. The molecule has 0 saturated carbocycles. The lowest BCUT2D eigenvalue weighted by Gasteiger charge is -2.24. The van der Waals surface area contributed by atoms with Crippen LogP contribution in [0.3, 0.4) is 0 Å². The summed E-state index contributed by atoms with van der Waals surface area (Å²) >= 11 is 0. The molecule has 1 aromatic heterocycles. The summed E-state index contributed by atoms with van der Waals surface area (Å²) in [6.45, 7) is 0.373. The average molecular weight is 679 g/mol. The zero-order valence-corrected chi connectivity index (χ0v) is 24.5. The predicted octanol–water partition coefficient (Wildman–Crippen LogP) is 5.00. The summed E-state index contributed by atoms with van der Waals surface area (Å²) in [6.07, 6.45) is -7.62. The fraction of sp³-hybridized carbons (Fsp3) is 0.179. The van der Waals surface area contributed by atoms with E-state index in [0.29, 0.717) is 18.3 Å². The third-order valence-electron chi connectivity index (χ3n) is 6.65. The zero-order valence-electron chi connectivity index (χ0n) is 23.6. The number of rotatable bonds is 8. The largest absolute Gasteiger partial charge is 0.573 e. The molecule has 0 atom stereocenters. The maximum absolute atomic E-state index is 15.0. The Bertz CT molecular complexity index is 1940. The Kier molecular flexibility index (Phi) is 9.11. The first-order valence-electron chi connectivity index (χ1n) is 12.7. The van der Waals surface area contributed by atoms with Crippen LogP contribution < -0.4 is 25.9 Å². The highest BCUT2D eigenvalue weighted by molar-refractivity contribution is 7.90. The minimum absolute atomic E-state index is 0.0367. The normalized spacial score (nSPS) is 12.8. The summed E-state index contributed by atoms with van der Waals surface area (Å²) in [5.41, 5.74) is 3.55. The molecule has 46 heavy (non-hydrogen) atoms. The number of hydrogen-bond donors (Lipinski definition) is 4. The number of nitrogens with two attached hydrogens (primary N) is 2. The molecule has 3 aromatic carbocycles. The topological polar surface area (TPSA) is 139 Å². The summed E-state index contributed by atoms with van der Waals surface area (Å²) in [4.78, 5) is 1.67. The van der Waals surface area contributed by atoms with Crippen molar-refractivity contribution in [2.24, 2.45) is 11.6 Å². The van der Waals surface area contributed by atoms with Crippen molar-refractivity contribution in [2.75, 3.05) is 11.3 Å². The van der Waals surface area contributed by atoms with E-state index in [0.717, 1.165) is 40.2 Å². The number of hydrogen-bond acceptors (Lipinski definition) is 7. The molecule has 1 heterocycles. The minimum Gasteiger partial charge on any atom is -0.403 e. The second-order valence-electron chi connectivity index (χ2n) is 9.80. The van der Waals surface area contributed by atoms with E-state index in [9.17, 15) is 48.6 Å². The fourth-order valence-corrected chi connectivity index (χ4v) is 5.53. The van der Waals surface area contributed by atoms with Crippen molar-refractivity contribution in [1.29, 1.82) is 0 Å². The number of aliphatic hydroxyl groups is 1.